The van der Waals surface area contributed by atoms with Crippen molar-refractivity contribution in [3.8, 4) is 0 Å². The predicted molar refractivity (Wildman–Crippen MR) is 73.1 cm³/mol. The second kappa shape index (κ2) is 5.74. The van der Waals surface area contributed by atoms with Gasteiger partial charge in [-0.2, -0.15) is 13.2 Å². The van der Waals surface area contributed by atoms with Gasteiger partial charge in [-0.05, 0) is 43.0 Å². The Hall–Kier alpha value is -1.07. The zero-order valence-electron chi connectivity index (χ0n) is 11.8. The second-order valence-corrected chi connectivity index (χ2v) is 5.92. The monoisotopic (exact) mass is 286 g/mol. The molecule has 0 heterocycles. The van der Waals surface area contributed by atoms with Gasteiger partial charge in [0.05, 0.1) is 5.56 Å². The molecule has 0 bridgehead atoms. The lowest BCUT2D eigenvalue weighted by Crippen LogP contribution is -2.31. The summed E-state index contributed by atoms with van der Waals surface area (Å²) >= 11 is 0. The fraction of sp³-hybridized carbons (Fsp3) is 0.600. The maximum absolute atomic E-state index is 12.7. The molecule has 1 aliphatic rings. The van der Waals surface area contributed by atoms with Crippen LogP contribution in [0.1, 0.15) is 30.5 Å². The summed E-state index contributed by atoms with van der Waals surface area (Å²) in [6, 6.07) is 4.91. The summed E-state index contributed by atoms with van der Waals surface area (Å²) in [7, 11) is 1.97. The summed E-state index contributed by atoms with van der Waals surface area (Å²) in [6.07, 6.45) is -3.08. The third kappa shape index (κ3) is 3.96. The minimum absolute atomic E-state index is 0.392. The van der Waals surface area contributed by atoms with Gasteiger partial charge in [-0.3, -0.25) is 0 Å². The molecule has 0 spiro atoms. The van der Waals surface area contributed by atoms with E-state index < -0.39 is 17.8 Å². The van der Waals surface area contributed by atoms with E-state index >= 15 is 0 Å². The van der Waals surface area contributed by atoms with Crippen LogP contribution in [0.3, 0.4) is 0 Å². The van der Waals surface area contributed by atoms with Crippen molar-refractivity contribution in [2.24, 2.45) is 17.6 Å². The number of halogens is 3. The quantitative estimate of drug-likeness (QED) is 0.900. The van der Waals surface area contributed by atoms with Crippen LogP contribution in [0.2, 0.25) is 0 Å². The summed E-state index contributed by atoms with van der Waals surface area (Å²) in [6.45, 7) is 3.75. The number of likely N-dealkylation sites (N-methyl/N-ethyl adjacent to an activating group) is 1. The molecular weight excluding hydrogens is 265 g/mol. The van der Waals surface area contributed by atoms with Crippen LogP contribution in [-0.4, -0.2) is 25.0 Å². The van der Waals surface area contributed by atoms with E-state index in [0.29, 0.717) is 18.0 Å². The standard InChI is InChI=1S/C15H21F3N2/c1-10-6-12(10)8-20(2)9-14(19)11-4-3-5-13(7-11)15(16,17)18/h3-5,7,10,12,14H,6,8-9,19H2,1-2H3. The third-order valence-corrected chi connectivity index (χ3v) is 3.97. The minimum atomic E-state index is -4.31. The molecule has 1 aromatic rings. The van der Waals surface area contributed by atoms with Crippen LogP contribution >= 0.6 is 0 Å². The fourth-order valence-electron chi connectivity index (χ4n) is 2.52. The van der Waals surface area contributed by atoms with E-state index in [1.165, 1.54) is 12.5 Å². The van der Waals surface area contributed by atoms with Crippen LogP contribution in [0, 0.1) is 11.8 Å². The Labute approximate surface area is 117 Å². The van der Waals surface area contributed by atoms with E-state index in [9.17, 15) is 13.2 Å². The van der Waals surface area contributed by atoms with E-state index in [4.69, 9.17) is 5.73 Å². The molecule has 1 saturated carbocycles. The molecule has 0 aliphatic heterocycles. The zero-order chi connectivity index (χ0) is 14.9. The van der Waals surface area contributed by atoms with Gasteiger partial charge in [0.2, 0.25) is 0 Å². The van der Waals surface area contributed by atoms with Crippen molar-refractivity contribution < 1.29 is 13.2 Å². The van der Waals surface area contributed by atoms with Gasteiger partial charge >= 0.3 is 6.18 Å². The van der Waals surface area contributed by atoms with E-state index in [0.717, 1.165) is 24.6 Å². The number of rotatable bonds is 5. The van der Waals surface area contributed by atoms with Crippen molar-refractivity contribution in [3.05, 3.63) is 35.4 Å². The summed E-state index contributed by atoms with van der Waals surface area (Å²) in [5.41, 5.74) is 5.93. The Morgan fingerprint density at radius 2 is 2.05 bits per heavy atom. The van der Waals surface area contributed by atoms with E-state index in [-0.39, 0.29) is 0 Å². The van der Waals surface area contributed by atoms with Crippen LogP contribution < -0.4 is 5.73 Å². The highest BCUT2D eigenvalue weighted by Gasteiger charge is 2.33. The summed E-state index contributed by atoms with van der Waals surface area (Å²) in [5.74, 6) is 1.48. The summed E-state index contributed by atoms with van der Waals surface area (Å²) < 4.78 is 38.0. The minimum Gasteiger partial charge on any atom is -0.323 e. The van der Waals surface area contributed by atoms with Crippen LogP contribution in [0.5, 0.6) is 0 Å². The molecular formula is C15H21F3N2. The Morgan fingerprint density at radius 1 is 1.40 bits per heavy atom. The predicted octanol–water partition coefficient (Wildman–Crippen LogP) is 3.29. The molecule has 5 heteroatoms. The molecule has 0 aromatic heterocycles. The first-order valence-electron chi connectivity index (χ1n) is 6.88. The molecule has 0 amide bonds. The van der Waals surface area contributed by atoms with Gasteiger partial charge in [0.25, 0.3) is 0 Å². The highest BCUT2D eigenvalue weighted by Crippen LogP contribution is 2.38. The molecule has 2 rings (SSSR count). The number of benzene rings is 1. The molecule has 112 valence electrons. The average molecular weight is 286 g/mol. The molecule has 1 aromatic carbocycles. The van der Waals surface area contributed by atoms with E-state index in [1.807, 2.05) is 7.05 Å². The van der Waals surface area contributed by atoms with Crippen molar-refractivity contribution in [1.29, 1.82) is 0 Å². The van der Waals surface area contributed by atoms with E-state index in [1.54, 1.807) is 6.07 Å². The fourth-order valence-corrected chi connectivity index (χ4v) is 2.52. The van der Waals surface area contributed by atoms with Crippen molar-refractivity contribution in [2.45, 2.75) is 25.6 Å². The number of nitrogens with two attached hydrogens (primary N) is 1. The molecule has 1 fully saturated rings. The summed E-state index contributed by atoms with van der Waals surface area (Å²) in [4.78, 5) is 2.11. The van der Waals surface area contributed by atoms with Gasteiger partial charge in [0, 0.05) is 19.1 Å². The first-order chi connectivity index (χ1) is 9.27. The van der Waals surface area contributed by atoms with Crippen LogP contribution in [0.25, 0.3) is 0 Å². The van der Waals surface area contributed by atoms with Crippen molar-refractivity contribution in [1.82, 2.24) is 4.90 Å². The largest absolute Gasteiger partial charge is 0.416 e. The first-order valence-corrected chi connectivity index (χ1v) is 6.88. The molecule has 20 heavy (non-hydrogen) atoms. The lowest BCUT2D eigenvalue weighted by molar-refractivity contribution is -0.137. The van der Waals surface area contributed by atoms with Gasteiger partial charge in [-0.15, -0.1) is 0 Å². The molecule has 1 aliphatic carbocycles. The van der Waals surface area contributed by atoms with Crippen molar-refractivity contribution in [2.75, 3.05) is 20.1 Å². The molecule has 2 nitrogen and oxygen atoms in total. The number of nitrogens with zero attached hydrogens (tertiary/aromatic N) is 1. The lowest BCUT2D eigenvalue weighted by Gasteiger charge is -2.22. The van der Waals surface area contributed by atoms with E-state index in [2.05, 4.69) is 11.8 Å². The van der Waals surface area contributed by atoms with Gasteiger partial charge in [-0.1, -0.05) is 19.1 Å². The Bertz CT molecular complexity index is 459. The van der Waals surface area contributed by atoms with Crippen LogP contribution in [-0.2, 0) is 6.18 Å². The first kappa shape index (κ1) is 15.3. The molecule has 3 atom stereocenters. The number of hydrogen-bond donors (Lipinski definition) is 1. The molecule has 0 saturated heterocycles. The Kier molecular flexibility index (Phi) is 4.39. The topological polar surface area (TPSA) is 29.3 Å². The SMILES string of the molecule is CC1CC1CN(C)CC(N)c1cccc(C(F)(F)F)c1. The third-order valence-electron chi connectivity index (χ3n) is 3.97. The maximum Gasteiger partial charge on any atom is 0.416 e. The van der Waals surface area contributed by atoms with Gasteiger partial charge in [0.15, 0.2) is 0 Å². The van der Waals surface area contributed by atoms with Gasteiger partial charge in [-0.25, -0.2) is 0 Å². The highest BCUT2D eigenvalue weighted by molar-refractivity contribution is 5.28. The average Bonchev–Trinajstić information content (AvgIpc) is 3.03. The number of hydrogen-bond acceptors (Lipinski definition) is 2. The molecule has 3 unspecified atom stereocenters. The zero-order valence-corrected chi connectivity index (χ0v) is 11.8. The van der Waals surface area contributed by atoms with Crippen LogP contribution in [0.15, 0.2) is 24.3 Å². The molecule has 2 N–H and O–H groups in total. The van der Waals surface area contributed by atoms with Gasteiger partial charge in [0.1, 0.15) is 0 Å². The maximum atomic E-state index is 12.7. The Morgan fingerprint density at radius 3 is 2.60 bits per heavy atom. The second-order valence-electron chi connectivity index (χ2n) is 5.92. The van der Waals surface area contributed by atoms with Gasteiger partial charge < -0.3 is 10.6 Å². The van der Waals surface area contributed by atoms with Crippen molar-refractivity contribution >= 4 is 0 Å². The summed E-state index contributed by atoms with van der Waals surface area (Å²) in [5, 5.41) is 0. The number of alkyl halides is 3. The smallest absolute Gasteiger partial charge is 0.323 e. The highest BCUT2D eigenvalue weighted by atomic mass is 19.4. The lowest BCUT2D eigenvalue weighted by atomic mass is 10.0. The van der Waals surface area contributed by atoms with Crippen LogP contribution in [0.4, 0.5) is 13.2 Å². The molecule has 0 radical (unpaired) electrons. The normalized spacial score (nSPS) is 23.9. The van der Waals surface area contributed by atoms with Crippen molar-refractivity contribution in [3.63, 3.8) is 0 Å². The Balaban J connectivity index is 1.96.